The molecule has 1 aromatic heterocycles. The second-order valence-corrected chi connectivity index (χ2v) is 5.08. The summed E-state index contributed by atoms with van der Waals surface area (Å²) in [5.74, 6) is -0.129. The summed E-state index contributed by atoms with van der Waals surface area (Å²) >= 11 is 5.93. The van der Waals surface area contributed by atoms with Gasteiger partial charge in [0.1, 0.15) is 5.15 Å². The molecular weight excluding hydrogens is 236 g/mol. The first kappa shape index (κ1) is 13.7. The number of hydrogen-bond acceptors (Lipinski definition) is 2. The van der Waals surface area contributed by atoms with Crippen molar-refractivity contribution in [2.45, 2.75) is 26.3 Å². The fourth-order valence-electron chi connectivity index (χ4n) is 1.48. The molecule has 1 amide bonds. The maximum Gasteiger partial charge on any atom is 0.257 e. The van der Waals surface area contributed by atoms with Crippen molar-refractivity contribution in [2.24, 2.45) is 0 Å². The number of pyridine rings is 1. The van der Waals surface area contributed by atoms with Gasteiger partial charge >= 0.3 is 0 Å². The highest BCUT2D eigenvalue weighted by atomic mass is 35.5. The zero-order valence-electron chi connectivity index (χ0n) is 10.4. The molecule has 0 aliphatic rings. The van der Waals surface area contributed by atoms with Gasteiger partial charge in [-0.1, -0.05) is 17.7 Å². The van der Waals surface area contributed by atoms with E-state index < -0.39 is 0 Å². The van der Waals surface area contributed by atoms with Gasteiger partial charge in [-0.25, -0.2) is 4.98 Å². The Morgan fingerprint density at radius 3 is 2.71 bits per heavy atom. The van der Waals surface area contributed by atoms with Crippen molar-refractivity contribution >= 4 is 17.5 Å². The number of halogens is 1. The second-order valence-electron chi connectivity index (χ2n) is 4.72. The molecule has 3 nitrogen and oxygen atoms in total. The number of carbonyl (C=O) groups is 1. The van der Waals surface area contributed by atoms with E-state index in [0.29, 0.717) is 12.1 Å². The summed E-state index contributed by atoms with van der Waals surface area (Å²) in [5, 5.41) is 0.232. The minimum absolute atomic E-state index is 0.129. The van der Waals surface area contributed by atoms with Crippen molar-refractivity contribution in [3.05, 3.63) is 41.7 Å². The largest absolute Gasteiger partial charge is 0.330 e. The quantitative estimate of drug-likeness (QED) is 0.612. The molecule has 0 bridgehead atoms. The molecule has 0 unspecified atom stereocenters. The van der Waals surface area contributed by atoms with E-state index in [1.54, 1.807) is 29.3 Å². The molecule has 1 rings (SSSR count). The van der Waals surface area contributed by atoms with Crippen molar-refractivity contribution in [1.29, 1.82) is 0 Å². The zero-order chi connectivity index (χ0) is 13.1. The molecule has 0 aromatic carbocycles. The van der Waals surface area contributed by atoms with Gasteiger partial charge in [-0.2, -0.15) is 0 Å². The van der Waals surface area contributed by atoms with Gasteiger partial charge in [0.2, 0.25) is 0 Å². The molecule has 0 radical (unpaired) electrons. The van der Waals surface area contributed by atoms with Crippen molar-refractivity contribution in [3.8, 4) is 0 Å². The van der Waals surface area contributed by atoms with Crippen LogP contribution in [0.1, 0.15) is 31.1 Å². The normalized spacial score (nSPS) is 11.1. The number of rotatable bonds is 3. The van der Waals surface area contributed by atoms with Crippen molar-refractivity contribution in [1.82, 2.24) is 9.88 Å². The van der Waals surface area contributed by atoms with E-state index in [-0.39, 0.29) is 16.6 Å². The summed E-state index contributed by atoms with van der Waals surface area (Å²) in [6, 6.07) is 3.38. The Morgan fingerprint density at radius 2 is 2.24 bits per heavy atom. The fraction of sp³-hybridized carbons (Fsp3) is 0.385. The predicted octanol–water partition coefficient (Wildman–Crippen LogP) is 3.16. The van der Waals surface area contributed by atoms with Crippen molar-refractivity contribution in [3.63, 3.8) is 0 Å². The number of amides is 1. The van der Waals surface area contributed by atoms with Crippen LogP contribution in [0.5, 0.6) is 0 Å². The standard InChI is InChI=1S/C13H17ClN2O/c1-5-9-16(13(2,3)4)12(17)10-7-6-8-15-11(10)14/h5-8H,1,9H2,2-4H3. The lowest BCUT2D eigenvalue weighted by atomic mass is 10.0. The monoisotopic (exact) mass is 252 g/mol. The average molecular weight is 253 g/mol. The van der Waals surface area contributed by atoms with Crippen LogP contribution in [0.4, 0.5) is 0 Å². The molecular formula is C13H17ClN2O. The molecule has 1 aromatic rings. The van der Waals surface area contributed by atoms with Crippen LogP contribution in [0.15, 0.2) is 31.0 Å². The molecule has 17 heavy (non-hydrogen) atoms. The van der Waals surface area contributed by atoms with Crippen LogP contribution in [-0.4, -0.2) is 27.9 Å². The van der Waals surface area contributed by atoms with Crippen LogP contribution in [0, 0.1) is 0 Å². The Hall–Kier alpha value is -1.35. The molecule has 0 aliphatic carbocycles. The lowest BCUT2D eigenvalue weighted by molar-refractivity contribution is 0.0616. The van der Waals surface area contributed by atoms with Gasteiger partial charge in [0.05, 0.1) is 5.56 Å². The van der Waals surface area contributed by atoms with Gasteiger partial charge in [0.25, 0.3) is 5.91 Å². The number of nitrogens with zero attached hydrogens (tertiary/aromatic N) is 2. The molecule has 4 heteroatoms. The summed E-state index contributed by atoms with van der Waals surface area (Å²) in [5.41, 5.74) is 0.135. The third-order valence-electron chi connectivity index (χ3n) is 2.36. The Bertz CT molecular complexity index is 424. The summed E-state index contributed by atoms with van der Waals surface area (Å²) in [6.07, 6.45) is 3.27. The van der Waals surface area contributed by atoms with E-state index in [1.807, 2.05) is 20.8 Å². The molecule has 0 fully saturated rings. The molecule has 0 saturated carbocycles. The van der Waals surface area contributed by atoms with Gasteiger partial charge in [-0.05, 0) is 32.9 Å². The maximum atomic E-state index is 12.4. The lowest BCUT2D eigenvalue weighted by Crippen LogP contribution is -2.45. The molecule has 0 atom stereocenters. The highest BCUT2D eigenvalue weighted by Crippen LogP contribution is 2.20. The summed E-state index contributed by atoms with van der Waals surface area (Å²) in [4.78, 5) is 18.0. The minimum atomic E-state index is -0.287. The van der Waals surface area contributed by atoms with Crippen LogP contribution in [0.3, 0.4) is 0 Å². The molecule has 0 N–H and O–H groups in total. The van der Waals surface area contributed by atoms with E-state index >= 15 is 0 Å². The van der Waals surface area contributed by atoms with Gasteiger partial charge in [0, 0.05) is 18.3 Å². The fourth-order valence-corrected chi connectivity index (χ4v) is 1.68. The Labute approximate surface area is 107 Å². The van der Waals surface area contributed by atoms with Crippen molar-refractivity contribution < 1.29 is 4.79 Å². The number of carbonyl (C=O) groups excluding carboxylic acids is 1. The first-order valence-electron chi connectivity index (χ1n) is 5.41. The van der Waals surface area contributed by atoms with E-state index in [9.17, 15) is 4.79 Å². The van der Waals surface area contributed by atoms with Crippen LogP contribution in [0.2, 0.25) is 5.15 Å². The van der Waals surface area contributed by atoms with Gasteiger partial charge in [-0.3, -0.25) is 4.79 Å². The number of aromatic nitrogens is 1. The van der Waals surface area contributed by atoms with Crippen molar-refractivity contribution in [2.75, 3.05) is 6.54 Å². The third-order valence-corrected chi connectivity index (χ3v) is 2.66. The minimum Gasteiger partial charge on any atom is -0.330 e. The topological polar surface area (TPSA) is 33.2 Å². The molecule has 92 valence electrons. The summed E-state index contributed by atoms with van der Waals surface area (Å²) < 4.78 is 0. The number of hydrogen-bond donors (Lipinski definition) is 0. The van der Waals surface area contributed by atoms with Gasteiger partial charge < -0.3 is 4.90 Å². The summed E-state index contributed by atoms with van der Waals surface area (Å²) in [6.45, 7) is 10.1. The summed E-state index contributed by atoms with van der Waals surface area (Å²) in [7, 11) is 0. The highest BCUT2D eigenvalue weighted by molar-refractivity contribution is 6.32. The first-order valence-corrected chi connectivity index (χ1v) is 5.79. The lowest BCUT2D eigenvalue weighted by Gasteiger charge is -2.35. The predicted molar refractivity (Wildman–Crippen MR) is 70.2 cm³/mol. The second kappa shape index (κ2) is 5.32. The van der Waals surface area contributed by atoms with Crippen LogP contribution in [-0.2, 0) is 0 Å². The van der Waals surface area contributed by atoms with Gasteiger partial charge in [0.15, 0.2) is 0 Å². The third kappa shape index (κ3) is 3.30. The first-order chi connectivity index (χ1) is 7.88. The van der Waals surface area contributed by atoms with Crippen LogP contribution < -0.4 is 0 Å². The van der Waals surface area contributed by atoms with E-state index in [1.165, 1.54) is 0 Å². The SMILES string of the molecule is C=CCN(C(=O)c1cccnc1Cl)C(C)(C)C. The van der Waals surface area contributed by atoms with Crippen LogP contribution in [0.25, 0.3) is 0 Å². The van der Waals surface area contributed by atoms with E-state index in [4.69, 9.17) is 11.6 Å². The highest BCUT2D eigenvalue weighted by Gasteiger charge is 2.27. The molecule has 0 aliphatic heterocycles. The Morgan fingerprint density at radius 1 is 1.59 bits per heavy atom. The molecule has 0 saturated heterocycles. The Balaban J connectivity index is 3.09. The van der Waals surface area contributed by atoms with E-state index in [0.717, 1.165) is 0 Å². The van der Waals surface area contributed by atoms with Gasteiger partial charge in [-0.15, -0.1) is 6.58 Å². The zero-order valence-corrected chi connectivity index (χ0v) is 11.2. The molecule has 0 spiro atoms. The Kier molecular flexibility index (Phi) is 4.29. The molecule has 1 heterocycles. The van der Waals surface area contributed by atoms with E-state index in [2.05, 4.69) is 11.6 Å². The smallest absolute Gasteiger partial charge is 0.257 e. The maximum absolute atomic E-state index is 12.4. The van der Waals surface area contributed by atoms with Crippen LogP contribution >= 0.6 is 11.6 Å². The average Bonchev–Trinajstić information content (AvgIpc) is 2.24.